The molecule has 0 aliphatic rings. The molecule has 0 spiro atoms. The van der Waals surface area contributed by atoms with E-state index in [2.05, 4.69) is 25.2 Å². The van der Waals surface area contributed by atoms with E-state index >= 15 is 0 Å². The van der Waals surface area contributed by atoms with Crippen LogP contribution < -0.4 is 0 Å². The quantitative estimate of drug-likeness (QED) is 0.656. The van der Waals surface area contributed by atoms with Gasteiger partial charge in [0.1, 0.15) is 11.5 Å². The SMILES string of the molecule is C=C(C)C(=O)OC.CC(C)(c1ccc(O)cc1)c1ccc(O)cc1. The van der Waals surface area contributed by atoms with Gasteiger partial charge in [0.15, 0.2) is 0 Å². The van der Waals surface area contributed by atoms with E-state index in [-0.39, 0.29) is 22.9 Å². The lowest BCUT2D eigenvalue weighted by Gasteiger charge is -2.26. The Balaban J connectivity index is 0.000000351. The van der Waals surface area contributed by atoms with Gasteiger partial charge < -0.3 is 14.9 Å². The van der Waals surface area contributed by atoms with Crippen molar-refractivity contribution in [3.8, 4) is 11.5 Å². The first-order valence-corrected chi connectivity index (χ1v) is 7.51. The second kappa shape index (κ2) is 8.20. The van der Waals surface area contributed by atoms with E-state index < -0.39 is 0 Å². The Hall–Kier alpha value is -2.75. The first kappa shape index (κ1) is 19.3. The highest BCUT2D eigenvalue weighted by atomic mass is 16.5. The summed E-state index contributed by atoms with van der Waals surface area (Å²) in [6, 6.07) is 14.4. The molecule has 2 aromatic rings. The summed E-state index contributed by atoms with van der Waals surface area (Å²) in [5, 5.41) is 18.6. The van der Waals surface area contributed by atoms with Gasteiger partial charge in [-0.1, -0.05) is 44.7 Å². The molecule has 0 aromatic heterocycles. The van der Waals surface area contributed by atoms with E-state index in [1.807, 2.05) is 24.3 Å². The molecule has 0 radical (unpaired) electrons. The van der Waals surface area contributed by atoms with Gasteiger partial charge in [0, 0.05) is 11.0 Å². The minimum absolute atomic E-state index is 0.151. The Labute approximate surface area is 143 Å². The zero-order valence-corrected chi connectivity index (χ0v) is 14.5. The molecule has 0 amide bonds. The van der Waals surface area contributed by atoms with E-state index in [1.54, 1.807) is 31.2 Å². The molecule has 0 aliphatic heterocycles. The van der Waals surface area contributed by atoms with Crippen molar-refractivity contribution in [3.05, 3.63) is 71.8 Å². The van der Waals surface area contributed by atoms with Crippen LogP contribution in [-0.4, -0.2) is 23.3 Å². The highest BCUT2D eigenvalue weighted by molar-refractivity contribution is 5.86. The summed E-state index contributed by atoms with van der Waals surface area (Å²) in [7, 11) is 1.33. The Kier molecular flexibility index (Phi) is 6.59. The summed E-state index contributed by atoms with van der Waals surface area (Å²) >= 11 is 0. The molecule has 0 saturated heterocycles. The number of aromatic hydroxyl groups is 2. The van der Waals surface area contributed by atoms with Crippen LogP contribution in [0.2, 0.25) is 0 Å². The molecule has 0 unspecified atom stereocenters. The lowest BCUT2D eigenvalue weighted by atomic mass is 9.78. The van der Waals surface area contributed by atoms with Crippen molar-refractivity contribution in [1.82, 2.24) is 0 Å². The lowest BCUT2D eigenvalue weighted by molar-refractivity contribution is -0.136. The van der Waals surface area contributed by atoms with Crippen LogP contribution in [0.25, 0.3) is 0 Å². The number of phenolic OH excluding ortho intramolecular Hbond substituents is 2. The predicted octanol–water partition coefficient (Wildman–Crippen LogP) is 4.16. The number of esters is 1. The molecule has 0 fully saturated rings. The zero-order chi connectivity index (χ0) is 18.3. The van der Waals surface area contributed by atoms with Crippen LogP contribution in [0.15, 0.2) is 60.7 Å². The van der Waals surface area contributed by atoms with Crippen LogP contribution >= 0.6 is 0 Å². The summed E-state index contributed by atoms with van der Waals surface area (Å²) in [6.45, 7) is 9.19. The van der Waals surface area contributed by atoms with Crippen molar-refractivity contribution in [2.24, 2.45) is 0 Å². The molecule has 2 N–H and O–H groups in total. The average Bonchev–Trinajstić information content (AvgIpc) is 2.55. The van der Waals surface area contributed by atoms with Crippen molar-refractivity contribution < 1.29 is 19.7 Å². The van der Waals surface area contributed by atoms with Gasteiger partial charge in [-0.3, -0.25) is 0 Å². The predicted molar refractivity (Wildman–Crippen MR) is 95.2 cm³/mol. The number of benzene rings is 2. The molecule has 4 heteroatoms. The van der Waals surface area contributed by atoms with E-state index in [9.17, 15) is 15.0 Å². The van der Waals surface area contributed by atoms with Crippen LogP contribution in [0.3, 0.4) is 0 Å². The van der Waals surface area contributed by atoms with Crippen molar-refractivity contribution in [3.63, 3.8) is 0 Å². The van der Waals surface area contributed by atoms with E-state index in [0.29, 0.717) is 5.57 Å². The maximum absolute atomic E-state index is 10.2. The standard InChI is InChI=1S/C15H16O2.C5H8O2/c1-15(2,11-3-7-13(16)8-4-11)12-5-9-14(17)10-6-12;1-4(2)5(6)7-3/h3-10,16-17H,1-2H3;1H2,2-3H3. The Morgan fingerprint density at radius 3 is 1.46 bits per heavy atom. The Morgan fingerprint density at radius 2 is 1.25 bits per heavy atom. The van der Waals surface area contributed by atoms with Crippen LogP contribution in [0.1, 0.15) is 31.9 Å². The molecule has 2 aromatic carbocycles. The van der Waals surface area contributed by atoms with Crippen LogP contribution in [0.4, 0.5) is 0 Å². The molecule has 0 saturated carbocycles. The first-order valence-electron chi connectivity index (χ1n) is 7.51. The van der Waals surface area contributed by atoms with Crippen LogP contribution in [0.5, 0.6) is 11.5 Å². The smallest absolute Gasteiger partial charge is 0.332 e. The fourth-order valence-electron chi connectivity index (χ4n) is 2.10. The molecule has 24 heavy (non-hydrogen) atoms. The largest absolute Gasteiger partial charge is 0.508 e. The second-order valence-electron chi connectivity index (χ2n) is 5.99. The van der Waals surface area contributed by atoms with Gasteiger partial charge in [-0.15, -0.1) is 0 Å². The topological polar surface area (TPSA) is 66.8 Å². The van der Waals surface area contributed by atoms with E-state index in [4.69, 9.17) is 0 Å². The summed E-state index contributed by atoms with van der Waals surface area (Å²) in [6.07, 6.45) is 0. The number of methoxy groups -OCH3 is 1. The third-order valence-electron chi connectivity index (χ3n) is 3.71. The molecule has 2 rings (SSSR count). The number of ether oxygens (including phenoxy) is 1. The summed E-state index contributed by atoms with van der Waals surface area (Å²) in [4.78, 5) is 10.2. The van der Waals surface area contributed by atoms with Crippen molar-refractivity contribution >= 4 is 5.97 Å². The normalized spacial score (nSPS) is 10.3. The maximum atomic E-state index is 10.2. The molecular weight excluding hydrogens is 304 g/mol. The molecule has 4 nitrogen and oxygen atoms in total. The fraction of sp³-hybridized carbons (Fsp3) is 0.250. The van der Waals surface area contributed by atoms with Gasteiger partial charge in [-0.25, -0.2) is 4.79 Å². The summed E-state index contributed by atoms with van der Waals surface area (Å²) in [5.74, 6) is 0.200. The number of carbonyl (C=O) groups is 1. The molecule has 0 heterocycles. The highest BCUT2D eigenvalue weighted by Crippen LogP contribution is 2.32. The molecule has 0 bridgehead atoms. The van der Waals surface area contributed by atoms with Gasteiger partial charge in [-0.2, -0.15) is 0 Å². The Morgan fingerprint density at radius 1 is 0.917 bits per heavy atom. The van der Waals surface area contributed by atoms with E-state index in [0.717, 1.165) is 11.1 Å². The number of phenols is 2. The van der Waals surface area contributed by atoms with Gasteiger partial charge >= 0.3 is 5.97 Å². The summed E-state index contributed by atoms with van der Waals surface area (Å²) in [5.41, 5.74) is 2.53. The second-order valence-corrected chi connectivity index (χ2v) is 5.99. The number of hydrogen-bond acceptors (Lipinski definition) is 4. The molecular formula is C20H24O4. The van der Waals surface area contributed by atoms with Gasteiger partial charge in [0.25, 0.3) is 0 Å². The molecule has 0 atom stereocenters. The zero-order valence-electron chi connectivity index (χ0n) is 14.5. The number of carbonyl (C=O) groups excluding carboxylic acids is 1. The minimum Gasteiger partial charge on any atom is -0.508 e. The molecule has 0 aliphatic carbocycles. The van der Waals surface area contributed by atoms with Gasteiger partial charge in [0.05, 0.1) is 7.11 Å². The molecule has 128 valence electrons. The maximum Gasteiger partial charge on any atom is 0.332 e. The monoisotopic (exact) mass is 328 g/mol. The van der Waals surface area contributed by atoms with Crippen LogP contribution in [0, 0.1) is 0 Å². The third-order valence-corrected chi connectivity index (χ3v) is 3.71. The van der Waals surface area contributed by atoms with E-state index in [1.165, 1.54) is 7.11 Å². The fourth-order valence-corrected chi connectivity index (χ4v) is 2.10. The van der Waals surface area contributed by atoms with Crippen molar-refractivity contribution in [2.45, 2.75) is 26.2 Å². The number of rotatable bonds is 3. The average molecular weight is 328 g/mol. The van der Waals surface area contributed by atoms with Crippen molar-refractivity contribution in [2.75, 3.05) is 7.11 Å². The number of hydrogen-bond donors (Lipinski definition) is 2. The Bertz CT molecular complexity index is 635. The lowest BCUT2D eigenvalue weighted by Crippen LogP contribution is -2.18. The third kappa shape index (κ3) is 5.16. The van der Waals surface area contributed by atoms with Gasteiger partial charge in [-0.05, 0) is 42.3 Å². The first-order chi connectivity index (χ1) is 11.2. The minimum atomic E-state index is -0.347. The summed E-state index contributed by atoms with van der Waals surface area (Å²) < 4.78 is 4.27. The van der Waals surface area contributed by atoms with Crippen molar-refractivity contribution in [1.29, 1.82) is 0 Å². The van der Waals surface area contributed by atoms with Gasteiger partial charge in [0.2, 0.25) is 0 Å². The highest BCUT2D eigenvalue weighted by Gasteiger charge is 2.22. The van der Waals surface area contributed by atoms with Crippen LogP contribution in [-0.2, 0) is 14.9 Å².